The van der Waals surface area contributed by atoms with Gasteiger partial charge in [-0.2, -0.15) is 5.10 Å². The van der Waals surface area contributed by atoms with Gasteiger partial charge in [-0.05, 0) is 32.1 Å². The predicted octanol–water partition coefficient (Wildman–Crippen LogP) is 1.67. The van der Waals surface area contributed by atoms with Gasteiger partial charge in [0.15, 0.2) is 0 Å². The van der Waals surface area contributed by atoms with E-state index < -0.39 is 0 Å². The Hall–Kier alpha value is -1.36. The second-order valence-corrected chi connectivity index (χ2v) is 7.01. The Morgan fingerprint density at radius 2 is 1.91 bits per heavy atom. The Labute approximate surface area is 134 Å². The Morgan fingerprint density at radius 3 is 2.45 bits per heavy atom. The molecule has 2 atom stereocenters. The summed E-state index contributed by atoms with van der Waals surface area (Å²) >= 11 is 0. The van der Waals surface area contributed by atoms with E-state index in [0.717, 1.165) is 55.0 Å². The van der Waals surface area contributed by atoms with Crippen molar-refractivity contribution < 1.29 is 4.79 Å². The number of hydrogen-bond acceptors (Lipinski definition) is 3. The maximum Gasteiger partial charge on any atom is 0.224 e. The Balaban J connectivity index is 1.76. The van der Waals surface area contributed by atoms with Crippen molar-refractivity contribution in [3.63, 3.8) is 0 Å². The fourth-order valence-electron chi connectivity index (χ4n) is 3.62. The van der Waals surface area contributed by atoms with E-state index in [4.69, 9.17) is 0 Å². The Morgan fingerprint density at radius 1 is 1.27 bits per heavy atom. The number of nitrogens with zero attached hydrogens (tertiary/aromatic N) is 3. The van der Waals surface area contributed by atoms with Gasteiger partial charge >= 0.3 is 0 Å². The summed E-state index contributed by atoms with van der Waals surface area (Å²) in [6, 6.07) is 0. The molecule has 1 aromatic rings. The van der Waals surface area contributed by atoms with E-state index in [0.29, 0.717) is 6.42 Å². The first-order chi connectivity index (χ1) is 10.4. The molecule has 1 aliphatic rings. The van der Waals surface area contributed by atoms with E-state index in [1.54, 1.807) is 0 Å². The molecule has 0 unspecified atom stereocenters. The number of nitrogens with one attached hydrogen (secondary N) is 1. The van der Waals surface area contributed by atoms with Crippen LogP contribution in [-0.4, -0.2) is 46.8 Å². The van der Waals surface area contributed by atoms with Gasteiger partial charge in [0.1, 0.15) is 0 Å². The minimum Gasteiger partial charge on any atom is -0.355 e. The fraction of sp³-hybridized carbons (Fsp3) is 0.765. The Bertz CT molecular complexity index is 513. The van der Waals surface area contributed by atoms with Crippen LogP contribution >= 0.6 is 0 Å². The summed E-state index contributed by atoms with van der Waals surface area (Å²) < 4.78 is 1.84. The van der Waals surface area contributed by atoms with Gasteiger partial charge in [0, 0.05) is 44.5 Å². The molecule has 0 bridgehead atoms. The SMILES string of the molecule is Cc1nn(C)c(C)c1CC(=O)NCCN1C[C@H](C)C[C@@H](C)C1. The summed E-state index contributed by atoms with van der Waals surface area (Å²) in [5.74, 6) is 1.62. The highest BCUT2D eigenvalue weighted by Crippen LogP contribution is 2.20. The van der Waals surface area contributed by atoms with Gasteiger partial charge in [0.05, 0.1) is 12.1 Å². The number of carbonyl (C=O) groups excluding carboxylic acids is 1. The smallest absolute Gasteiger partial charge is 0.224 e. The third kappa shape index (κ3) is 4.32. The van der Waals surface area contributed by atoms with Crippen molar-refractivity contribution in [1.82, 2.24) is 20.0 Å². The summed E-state index contributed by atoms with van der Waals surface area (Å²) in [4.78, 5) is 14.6. The van der Waals surface area contributed by atoms with Crippen molar-refractivity contribution in [2.45, 2.75) is 40.5 Å². The fourth-order valence-corrected chi connectivity index (χ4v) is 3.62. The maximum atomic E-state index is 12.1. The molecule has 1 N–H and O–H groups in total. The Kier molecular flexibility index (Phi) is 5.62. The number of aromatic nitrogens is 2. The van der Waals surface area contributed by atoms with Crippen molar-refractivity contribution in [1.29, 1.82) is 0 Å². The van der Waals surface area contributed by atoms with Crippen LogP contribution in [0.15, 0.2) is 0 Å². The predicted molar refractivity (Wildman–Crippen MR) is 88.8 cm³/mol. The molecular weight excluding hydrogens is 276 g/mol. The first-order valence-corrected chi connectivity index (χ1v) is 8.35. The van der Waals surface area contributed by atoms with E-state index in [1.165, 1.54) is 6.42 Å². The number of amides is 1. The van der Waals surface area contributed by atoms with E-state index in [1.807, 2.05) is 25.6 Å². The van der Waals surface area contributed by atoms with Crippen molar-refractivity contribution in [2.75, 3.05) is 26.2 Å². The zero-order valence-corrected chi connectivity index (χ0v) is 14.6. The zero-order chi connectivity index (χ0) is 16.3. The normalized spacial score (nSPS) is 22.8. The van der Waals surface area contributed by atoms with Crippen molar-refractivity contribution in [2.24, 2.45) is 18.9 Å². The number of likely N-dealkylation sites (tertiary alicyclic amines) is 1. The molecule has 2 rings (SSSR count). The van der Waals surface area contributed by atoms with Crippen LogP contribution in [0.3, 0.4) is 0 Å². The van der Waals surface area contributed by atoms with Crippen LogP contribution in [0.2, 0.25) is 0 Å². The molecular formula is C17H30N4O. The van der Waals surface area contributed by atoms with Crippen molar-refractivity contribution in [3.05, 3.63) is 17.0 Å². The average molecular weight is 306 g/mol. The minimum absolute atomic E-state index is 0.0947. The van der Waals surface area contributed by atoms with Crippen LogP contribution in [-0.2, 0) is 18.3 Å². The molecule has 5 nitrogen and oxygen atoms in total. The number of hydrogen-bond donors (Lipinski definition) is 1. The molecule has 0 spiro atoms. The molecule has 0 aromatic carbocycles. The third-order valence-electron chi connectivity index (χ3n) is 4.69. The zero-order valence-electron chi connectivity index (χ0n) is 14.6. The molecule has 1 fully saturated rings. The number of piperidine rings is 1. The maximum absolute atomic E-state index is 12.1. The molecule has 0 saturated carbocycles. The molecule has 22 heavy (non-hydrogen) atoms. The van der Waals surface area contributed by atoms with Crippen LogP contribution in [0.25, 0.3) is 0 Å². The van der Waals surface area contributed by atoms with Gasteiger partial charge in [-0.3, -0.25) is 9.48 Å². The lowest BCUT2D eigenvalue weighted by molar-refractivity contribution is -0.120. The third-order valence-corrected chi connectivity index (χ3v) is 4.69. The van der Waals surface area contributed by atoms with E-state index in [2.05, 4.69) is 29.2 Å². The molecule has 124 valence electrons. The van der Waals surface area contributed by atoms with Crippen molar-refractivity contribution >= 4 is 5.91 Å². The van der Waals surface area contributed by atoms with Crippen LogP contribution in [0.5, 0.6) is 0 Å². The standard InChI is InChI=1S/C17H30N4O/c1-12-8-13(2)11-21(10-12)7-6-18-17(22)9-16-14(3)19-20(5)15(16)4/h12-13H,6-11H2,1-5H3,(H,18,22)/t12-,13-/m1/s1. The highest BCUT2D eigenvalue weighted by Gasteiger charge is 2.21. The minimum atomic E-state index is 0.0947. The van der Waals surface area contributed by atoms with Gasteiger partial charge in [0.2, 0.25) is 5.91 Å². The first kappa shape index (κ1) is 17.0. The largest absolute Gasteiger partial charge is 0.355 e. The van der Waals surface area contributed by atoms with Gasteiger partial charge in [-0.1, -0.05) is 13.8 Å². The van der Waals surface area contributed by atoms with Crippen LogP contribution < -0.4 is 5.32 Å². The summed E-state index contributed by atoms with van der Waals surface area (Å²) in [5.41, 5.74) is 3.08. The van der Waals surface area contributed by atoms with Crippen LogP contribution in [0, 0.1) is 25.7 Å². The van der Waals surface area contributed by atoms with E-state index in [9.17, 15) is 4.79 Å². The topological polar surface area (TPSA) is 50.2 Å². The van der Waals surface area contributed by atoms with Gasteiger partial charge in [-0.25, -0.2) is 0 Å². The highest BCUT2D eigenvalue weighted by molar-refractivity contribution is 5.79. The number of rotatable bonds is 5. The molecule has 2 heterocycles. The second kappa shape index (κ2) is 7.27. The average Bonchev–Trinajstić information content (AvgIpc) is 2.64. The van der Waals surface area contributed by atoms with Crippen molar-refractivity contribution in [3.8, 4) is 0 Å². The highest BCUT2D eigenvalue weighted by atomic mass is 16.1. The van der Waals surface area contributed by atoms with Crippen LogP contribution in [0.4, 0.5) is 0 Å². The summed E-state index contributed by atoms with van der Waals surface area (Å²) in [7, 11) is 1.92. The molecule has 1 saturated heterocycles. The summed E-state index contributed by atoms with van der Waals surface area (Å²) in [5, 5.41) is 7.42. The molecule has 0 aliphatic carbocycles. The summed E-state index contributed by atoms with van der Waals surface area (Å²) in [6.07, 6.45) is 1.75. The molecule has 1 amide bonds. The van der Waals surface area contributed by atoms with Gasteiger partial charge < -0.3 is 10.2 Å². The van der Waals surface area contributed by atoms with E-state index >= 15 is 0 Å². The molecule has 5 heteroatoms. The molecule has 0 radical (unpaired) electrons. The molecule has 1 aliphatic heterocycles. The lowest BCUT2D eigenvalue weighted by atomic mass is 9.92. The monoisotopic (exact) mass is 306 g/mol. The van der Waals surface area contributed by atoms with Gasteiger partial charge in [-0.15, -0.1) is 0 Å². The van der Waals surface area contributed by atoms with Crippen LogP contribution in [0.1, 0.15) is 37.2 Å². The van der Waals surface area contributed by atoms with Gasteiger partial charge in [0.25, 0.3) is 0 Å². The lowest BCUT2D eigenvalue weighted by Crippen LogP contribution is -2.43. The first-order valence-electron chi connectivity index (χ1n) is 8.35. The number of carbonyl (C=O) groups is 1. The van der Waals surface area contributed by atoms with E-state index in [-0.39, 0.29) is 5.91 Å². The second-order valence-electron chi connectivity index (χ2n) is 7.01. The quantitative estimate of drug-likeness (QED) is 0.900. The number of aryl methyl sites for hydroxylation is 2. The summed E-state index contributed by atoms with van der Waals surface area (Å²) in [6.45, 7) is 12.6. The lowest BCUT2D eigenvalue weighted by Gasteiger charge is -2.34. The molecule has 1 aromatic heterocycles.